The van der Waals surface area contributed by atoms with Gasteiger partial charge in [-0.3, -0.25) is 0 Å². The second-order valence-electron chi connectivity index (χ2n) is 3.53. The number of benzene rings is 2. The molecule has 2 heterocycles. The summed E-state index contributed by atoms with van der Waals surface area (Å²) < 4.78 is 6.34. The number of rotatable bonds is 0. The summed E-state index contributed by atoms with van der Waals surface area (Å²) in [6.07, 6.45) is 0. The zero-order valence-corrected chi connectivity index (χ0v) is 16.3. The quantitative estimate of drug-likeness (QED) is 0.320. The third-order valence-electron chi connectivity index (χ3n) is 2.63. The van der Waals surface area contributed by atoms with E-state index in [0.29, 0.717) is 52.5 Å². The minimum absolute atomic E-state index is 0.659. The van der Waals surface area contributed by atoms with Gasteiger partial charge < -0.3 is 0 Å². The van der Waals surface area contributed by atoms with Crippen molar-refractivity contribution < 1.29 is 0 Å². The van der Waals surface area contributed by atoms with Gasteiger partial charge in [0.2, 0.25) is 0 Å². The van der Waals surface area contributed by atoms with Gasteiger partial charge in [-0.15, -0.1) is 0 Å². The molecule has 0 fully saturated rings. The van der Waals surface area contributed by atoms with Crippen molar-refractivity contribution in [1.29, 1.82) is 0 Å². The van der Waals surface area contributed by atoms with E-state index >= 15 is 0 Å². The molecule has 4 rings (SSSR count). The first kappa shape index (κ1) is 11.3. The Morgan fingerprint density at radius 3 is 1.56 bits per heavy atom. The van der Waals surface area contributed by atoms with Crippen molar-refractivity contribution >= 4 is 106 Å². The minimum atomic E-state index is 0.659. The third-order valence-corrected chi connectivity index (χ3v) is 18.3. The third kappa shape index (κ3) is 1.44. The van der Waals surface area contributed by atoms with Crippen LogP contribution in [0.25, 0.3) is 10.8 Å². The van der Waals surface area contributed by atoms with Gasteiger partial charge >= 0.3 is 128 Å². The Balaban J connectivity index is 2.32. The predicted molar refractivity (Wildman–Crippen MR) is 80.0 cm³/mol. The molecule has 2 aliphatic rings. The molecule has 0 atom stereocenters. The fraction of sp³-hybridized carbons (Fsp3) is 0. The first-order valence-corrected chi connectivity index (χ1v) is 17.5. The topological polar surface area (TPSA) is 0 Å². The van der Waals surface area contributed by atoms with Crippen molar-refractivity contribution in [3.63, 3.8) is 0 Å². The average Bonchev–Trinajstić information content (AvgIpc) is 2.81. The van der Waals surface area contributed by atoms with Crippen LogP contribution < -0.4 is 17.8 Å². The number of hydrogen-bond donors (Lipinski definition) is 2. The summed E-state index contributed by atoms with van der Waals surface area (Å²) in [4.78, 5) is 2.53. The summed E-state index contributed by atoms with van der Waals surface area (Å²) in [6.45, 7) is 0. The van der Waals surface area contributed by atoms with Crippen LogP contribution in [0.3, 0.4) is 0 Å². The Labute approximate surface area is 127 Å². The Kier molecular flexibility index (Phi) is 2.82. The zero-order valence-electron chi connectivity index (χ0n) is 7.68. The molecule has 0 bridgehead atoms. The van der Waals surface area contributed by atoms with Gasteiger partial charge in [-0.05, 0) is 0 Å². The molecule has 80 valence electrons. The van der Waals surface area contributed by atoms with Crippen LogP contribution in [0.1, 0.15) is 0 Å². The van der Waals surface area contributed by atoms with Crippen LogP contribution in [0.15, 0.2) is 21.9 Å². The van der Waals surface area contributed by atoms with Crippen molar-refractivity contribution in [3.05, 3.63) is 12.1 Å². The summed E-state index contributed by atoms with van der Waals surface area (Å²) in [6, 6.07) is 4.69. The first-order chi connectivity index (χ1) is 7.75. The summed E-state index contributed by atoms with van der Waals surface area (Å²) in [7, 11) is 0. The van der Waals surface area contributed by atoms with Gasteiger partial charge in [-0.2, -0.15) is 0 Å². The van der Waals surface area contributed by atoms with Gasteiger partial charge in [-0.1, -0.05) is 0 Å². The monoisotopic (exact) mass is 508 g/mol. The summed E-state index contributed by atoms with van der Waals surface area (Å²) in [5.74, 6) is 0. The van der Waals surface area contributed by atoms with E-state index in [4.69, 9.17) is 0 Å². The van der Waals surface area contributed by atoms with E-state index < -0.39 is 0 Å². The van der Waals surface area contributed by atoms with Gasteiger partial charge in [-0.25, -0.2) is 0 Å². The van der Waals surface area contributed by atoms with E-state index in [9.17, 15) is 0 Å². The van der Waals surface area contributed by atoms with E-state index in [1.54, 1.807) is 28.6 Å². The van der Waals surface area contributed by atoms with Crippen molar-refractivity contribution in [2.75, 3.05) is 0 Å². The number of thiol groups is 2. The average molecular weight is 504 g/mol. The molecule has 2 aromatic rings. The molecule has 0 nitrogen and oxygen atoms in total. The van der Waals surface area contributed by atoms with Gasteiger partial charge in [0.25, 0.3) is 0 Å². The molecular weight excluding hydrogens is 500 g/mol. The molecule has 0 radical (unpaired) electrons. The molecule has 0 spiro atoms. The Morgan fingerprint density at radius 2 is 1.12 bits per heavy atom. The van der Waals surface area contributed by atoms with Crippen molar-refractivity contribution in [2.45, 2.75) is 9.79 Å². The SMILES string of the molecule is Sc1cc2c3c(c(S)cc4c3c1[Se][Se]4)[Se][Se]2. The van der Waals surface area contributed by atoms with Gasteiger partial charge in [0, 0.05) is 0 Å². The normalized spacial score (nSPS) is 16.4. The molecule has 6 heteroatoms. The molecule has 0 amide bonds. The maximum absolute atomic E-state index is 4.68. The van der Waals surface area contributed by atoms with Crippen LogP contribution in [-0.4, -0.2) is 52.5 Å². The molecule has 0 aliphatic carbocycles. The van der Waals surface area contributed by atoms with E-state index in [1.165, 1.54) is 9.79 Å². The van der Waals surface area contributed by atoms with Crippen molar-refractivity contribution in [2.24, 2.45) is 0 Å². The zero-order chi connectivity index (χ0) is 10.9. The first-order valence-electron chi connectivity index (χ1n) is 4.50. The molecule has 2 aromatic carbocycles. The summed E-state index contributed by atoms with van der Waals surface area (Å²) in [5.41, 5.74) is 0. The van der Waals surface area contributed by atoms with Gasteiger partial charge in [0.1, 0.15) is 0 Å². The second-order valence-corrected chi connectivity index (χ2v) is 16.7. The fourth-order valence-corrected chi connectivity index (χ4v) is 20.3. The number of hydrogen-bond acceptors (Lipinski definition) is 2. The van der Waals surface area contributed by atoms with E-state index in [-0.39, 0.29) is 0 Å². The molecular formula is C10H4S2Se4. The Bertz CT molecular complexity index is 596. The Morgan fingerprint density at radius 1 is 0.688 bits per heavy atom. The molecule has 0 saturated carbocycles. The van der Waals surface area contributed by atoms with Gasteiger partial charge in [0.15, 0.2) is 0 Å². The van der Waals surface area contributed by atoms with Gasteiger partial charge in [0.05, 0.1) is 0 Å². The second kappa shape index (κ2) is 3.98. The molecule has 0 N–H and O–H groups in total. The molecule has 16 heavy (non-hydrogen) atoms. The standard InChI is InChI=1S/C10H4S2Se4/c11-3-1-5-7-8-6(14-15-9(3)8)2-4(12)10(7)16-13-5/h1-2,11-12H. The van der Waals surface area contributed by atoms with E-state index in [1.807, 2.05) is 0 Å². The predicted octanol–water partition coefficient (Wildman–Crippen LogP) is -1.41. The van der Waals surface area contributed by atoms with Crippen LogP contribution in [0.5, 0.6) is 0 Å². The van der Waals surface area contributed by atoms with E-state index in [0.717, 1.165) is 0 Å². The van der Waals surface area contributed by atoms with Crippen molar-refractivity contribution in [1.82, 2.24) is 0 Å². The van der Waals surface area contributed by atoms with Crippen LogP contribution in [0.2, 0.25) is 0 Å². The van der Waals surface area contributed by atoms with Crippen molar-refractivity contribution in [3.8, 4) is 0 Å². The summed E-state index contributed by atoms with van der Waals surface area (Å²) in [5, 5.41) is 3.19. The maximum atomic E-state index is 4.68. The van der Waals surface area contributed by atoms with Crippen LogP contribution >= 0.6 is 25.3 Å². The van der Waals surface area contributed by atoms with E-state index in [2.05, 4.69) is 37.4 Å². The Hall–Kier alpha value is 1.48. The summed E-state index contributed by atoms with van der Waals surface area (Å²) >= 11 is 12.0. The molecule has 0 aromatic heterocycles. The molecule has 0 unspecified atom stereocenters. The molecule has 2 aliphatic heterocycles. The molecule has 0 saturated heterocycles. The van der Waals surface area contributed by atoms with Crippen LogP contribution in [0.4, 0.5) is 0 Å². The van der Waals surface area contributed by atoms with Crippen LogP contribution in [0, 0.1) is 0 Å². The fourth-order valence-electron chi connectivity index (χ4n) is 1.95. The van der Waals surface area contributed by atoms with Crippen LogP contribution in [-0.2, 0) is 0 Å².